The second-order valence-corrected chi connectivity index (χ2v) is 3.62. The molecule has 7 nitrogen and oxygen atoms in total. The maximum Gasteiger partial charge on any atom is 0.278 e. The summed E-state index contributed by atoms with van der Waals surface area (Å²) in [4.78, 5) is 14.0. The molecule has 0 fully saturated rings. The fourth-order valence-corrected chi connectivity index (χ4v) is 1.43. The molecule has 0 amide bonds. The maximum absolute atomic E-state index is 10.7. The van der Waals surface area contributed by atoms with Crippen molar-refractivity contribution in [3.63, 3.8) is 0 Å². The van der Waals surface area contributed by atoms with E-state index < -0.39 is 4.92 Å². The summed E-state index contributed by atoms with van der Waals surface area (Å²) >= 11 is 0. The highest BCUT2D eigenvalue weighted by Gasteiger charge is 2.11. The molecule has 0 bridgehead atoms. The average molecular weight is 261 g/mol. The third kappa shape index (κ3) is 3.09. The van der Waals surface area contributed by atoms with Crippen molar-refractivity contribution in [3.8, 4) is 17.4 Å². The molecule has 0 spiro atoms. The molecular formula is C12H11N3O4. The molecule has 0 aliphatic rings. The summed E-state index contributed by atoms with van der Waals surface area (Å²) < 4.78 is 10.4. The Balaban J connectivity index is 2.24. The van der Waals surface area contributed by atoms with Crippen molar-refractivity contribution in [1.29, 1.82) is 0 Å². The van der Waals surface area contributed by atoms with Crippen molar-refractivity contribution in [2.75, 3.05) is 12.8 Å². The second kappa shape index (κ2) is 5.21. The van der Waals surface area contributed by atoms with Crippen LogP contribution >= 0.6 is 0 Å². The van der Waals surface area contributed by atoms with Crippen molar-refractivity contribution in [2.24, 2.45) is 0 Å². The van der Waals surface area contributed by atoms with Crippen LogP contribution < -0.4 is 15.2 Å². The first-order valence-electron chi connectivity index (χ1n) is 5.32. The van der Waals surface area contributed by atoms with Gasteiger partial charge in [-0.25, -0.2) is 0 Å². The Hall–Kier alpha value is -2.83. The predicted molar refractivity (Wildman–Crippen MR) is 68.4 cm³/mol. The Morgan fingerprint density at radius 1 is 1.21 bits per heavy atom. The molecular weight excluding hydrogens is 250 g/mol. The standard InChI is InChI=1S/C12H11N3O4/c1-18-9-2-4-10(5-3-9)19-12-7-8(15(16)17)6-11(13)14-12/h2-7H,1H3,(H2,13,14). The Morgan fingerprint density at radius 2 is 1.84 bits per heavy atom. The van der Waals surface area contributed by atoms with Crippen LogP contribution in [-0.4, -0.2) is 17.0 Å². The Bertz CT molecular complexity index is 598. The van der Waals surface area contributed by atoms with Gasteiger partial charge in [0.05, 0.1) is 24.2 Å². The number of pyridine rings is 1. The first-order valence-corrected chi connectivity index (χ1v) is 5.32. The molecule has 0 atom stereocenters. The number of anilines is 1. The van der Waals surface area contributed by atoms with Crippen LogP contribution in [0, 0.1) is 10.1 Å². The molecule has 0 saturated heterocycles. The van der Waals surface area contributed by atoms with Crippen LogP contribution in [0.4, 0.5) is 11.5 Å². The summed E-state index contributed by atoms with van der Waals surface area (Å²) in [6.45, 7) is 0. The molecule has 2 N–H and O–H groups in total. The third-order valence-electron chi connectivity index (χ3n) is 2.30. The fourth-order valence-electron chi connectivity index (χ4n) is 1.43. The van der Waals surface area contributed by atoms with Crippen molar-refractivity contribution in [1.82, 2.24) is 4.98 Å². The number of rotatable bonds is 4. The number of ether oxygens (including phenoxy) is 2. The van der Waals surface area contributed by atoms with Gasteiger partial charge in [0.25, 0.3) is 5.69 Å². The van der Waals surface area contributed by atoms with E-state index in [1.807, 2.05) is 0 Å². The molecule has 7 heteroatoms. The smallest absolute Gasteiger partial charge is 0.278 e. The minimum Gasteiger partial charge on any atom is -0.497 e. The summed E-state index contributed by atoms with van der Waals surface area (Å²) in [5, 5.41) is 10.7. The summed E-state index contributed by atoms with van der Waals surface area (Å²) in [5.41, 5.74) is 5.31. The van der Waals surface area contributed by atoms with Gasteiger partial charge < -0.3 is 15.2 Å². The lowest BCUT2D eigenvalue weighted by atomic mass is 10.3. The number of hydrogen-bond donors (Lipinski definition) is 1. The van der Waals surface area contributed by atoms with Crippen LogP contribution in [0.15, 0.2) is 36.4 Å². The Morgan fingerprint density at radius 3 is 2.42 bits per heavy atom. The number of nitrogen functional groups attached to an aromatic ring is 1. The molecule has 98 valence electrons. The van der Waals surface area contributed by atoms with Crippen molar-refractivity contribution in [3.05, 3.63) is 46.5 Å². The first-order chi connectivity index (χ1) is 9.08. The number of methoxy groups -OCH3 is 1. The van der Waals surface area contributed by atoms with Gasteiger partial charge >= 0.3 is 0 Å². The van der Waals surface area contributed by atoms with Gasteiger partial charge in [0.2, 0.25) is 5.88 Å². The molecule has 0 saturated carbocycles. The highest BCUT2D eigenvalue weighted by molar-refractivity contribution is 5.46. The number of nitrogens with two attached hydrogens (primary N) is 1. The van der Waals surface area contributed by atoms with E-state index in [9.17, 15) is 10.1 Å². The zero-order valence-corrected chi connectivity index (χ0v) is 10.1. The predicted octanol–water partition coefficient (Wildman–Crippen LogP) is 2.37. The molecule has 0 aliphatic carbocycles. The molecule has 2 rings (SSSR count). The fraction of sp³-hybridized carbons (Fsp3) is 0.0833. The lowest BCUT2D eigenvalue weighted by Gasteiger charge is -2.06. The van der Waals surface area contributed by atoms with Crippen LogP contribution in [0.3, 0.4) is 0 Å². The van der Waals surface area contributed by atoms with E-state index >= 15 is 0 Å². The van der Waals surface area contributed by atoms with Crippen LogP contribution in [0.1, 0.15) is 0 Å². The number of benzene rings is 1. The van der Waals surface area contributed by atoms with Gasteiger partial charge in [0, 0.05) is 0 Å². The molecule has 1 aromatic heterocycles. The third-order valence-corrected chi connectivity index (χ3v) is 2.30. The Labute approximate surface area is 108 Å². The zero-order valence-electron chi connectivity index (χ0n) is 10.1. The van der Waals surface area contributed by atoms with Crippen LogP contribution in [0.5, 0.6) is 17.4 Å². The molecule has 2 aromatic rings. The van der Waals surface area contributed by atoms with Gasteiger partial charge in [0.15, 0.2) is 0 Å². The SMILES string of the molecule is COc1ccc(Oc2cc([N+](=O)[O-])cc(N)n2)cc1. The summed E-state index contributed by atoms with van der Waals surface area (Å²) in [6, 6.07) is 9.11. The quantitative estimate of drug-likeness (QED) is 0.669. The van der Waals surface area contributed by atoms with Gasteiger partial charge in [-0.15, -0.1) is 0 Å². The van der Waals surface area contributed by atoms with Gasteiger partial charge in [-0.2, -0.15) is 4.98 Å². The highest BCUT2D eigenvalue weighted by Crippen LogP contribution is 2.26. The van der Waals surface area contributed by atoms with Crippen LogP contribution in [0.2, 0.25) is 0 Å². The van der Waals surface area contributed by atoms with E-state index in [1.165, 1.54) is 12.1 Å². The number of nitro groups is 1. The number of hydrogen-bond acceptors (Lipinski definition) is 6. The van der Waals surface area contributed by atoms with Crippen molar-refractivity contribution < 1.29 is 14.4 Å². The molecule has 0 aliphatic heterocycles. The molecule has 0 radical (unpaired) electrons. The van der Waals surface area contributed by atoms with E-state index in [0.717, 1.165) is 0 Å². The minimum atomic E-state index is -0.557. The molecule has 0 unspecified atom stereocenters. The number of nitrogens with zero attached hydrogens (tertiary/aromatic N) is 2. The van der Waals surface area contributed by atoms with Gasteiger partial charge in [-0.3, -0.25) is 10.1 Å². The van der Waals surface area contributed by atoms with E-state index in [-0.39, 0.29) is 17.4 Å². The monoisotopic (exact) mass is 261 g/mol. The normalized spacial score (nSPS) is 9.95. The summed E-state index contributed by atoms with van der Waals surface area (Å²) in [7, 11) is 1.55. The summed E-state index contributed by atoms with van der Waals surface area (Å²) in [6.07, 6.45) is 0. The highest BCUT2D eigenvalue weighted by atomic mass is 16.6. The first kappa shape index (κ1) is 12.6. The van der Waals surface area contributed by atoms with Crippen molar-refractivity contribution in [2.45, 2.75) is 0 Å². The van der Waals surface area contributed by atoms with E-state index in [2.05, 4.69) is 4.98 Å². The van der Waals surface area contributed by atoms with Gasteiger partial charge in [-0.05, 0) is 24.3 Å². The van der Waals surface area contributed by atoms with Crippen LogP contribution in [0.25, 0.3) is 0 Å². The van der Waals surface area contributed by atoms with Crippen molar-refractivity contribution >= 4 is 11.5 Å². The molecule has 19 heavy (non-hydrogen) atoms. The average Bonchev–Trinajstić information content (AvgIpc) is 2.39. The largest absolute Gasteiger partial charge is 0.497 e. The lowest BCUT2D eigenvalue weighted by Crippen LogP contribution is -1.97. The minimum absolute atomic E-state index is 0.0257. The lowest BCUT2D eigenvalue weighted by molar-refractivity contribution is -0.384. The number of aromatic nitrogens is 1. The Kier molecular flexibility index (Phi) is 3.46. The molecule has 1 heterocycles. The topological polar surface area (TPSA) is 101 Å². The molecule has 1 aromatic carbocycles. The maximum atomic E-state index is 10.7. The van der Waals surface area contributed by atoms with E-state index in [4.69, 9.17) is 15.2 Å². The van der Waals surface area contributed by atoms with Gasteiger partial charge in [0.1, 0.15) is 17.3 Å². The van der Waals surface area contributed by atoms with E-state index in [1.54, 1.807) is 31.4 Å². The zero-order chi connectivity index (χ0) is 13.8. The van der Waals surface area contributed by atoms with E-state index in [0.29, 0.717) is 11.5 Å². The van der Waals surface area contributed by atoms with Gasteiger partial charge in [-0.1, -0.05) is 0 Å². The summed E-state index contributed by atoms with van der Waals surface area (Å²) in [5.74, 6) is 1.25. The second-order valence-electron chi connectivity index (χ2n) is 3.62. The van der Waals surface area contributed by atoms with Crippen LogP contribution in [-0.2, 0) is 0 Å².